The number of aliphatic hydroxyl groups excluding tert-OH is 1. The summed E-state index contributed by atoms with van der Waals surface area (Å²) in [5.74, 6) is 0.294. The van der Waals surface area contributed by atoms with Crippen LogP contribution in [0.15, 0.2) is 15.9 Å². The fourth-order valence-electron chi connectivity index (χ4n) is 3.10. The summed E-state index contributed by atoms with van der Waals surface area (Å²) >= 11 is 0. The molecule has 8 heteroatoms. The average Bonchev–Trinajstić information content (AvgIpc) is 2.93. The molecule has 0 fully saturated rings. The second-order valence-corrected chi connectivity index (χ2v) is 7.82. The van der Waals surface area contributed by atoms with Crippen LogP contribution in [0.5, 0.6) is 0 Å². The summed E-state index contributed by atoms with van der Waals surface area (Å²) in [5, 5.41) is 19.6. The molecule has 1 unspecified atom stereocenters. The molecule has 2 atom stereocenters. The van der Waals surface area contributed by atoms with Crippen LogP contribution in [-0.4, -0.2) is 40.6 Å². The molecule has 0 aromatic carbocycles. The predicted octanol–water partition coefficient (Wildman–Crippen LogP) is 0.762. The van der Waals surface area contributed by atoms with Crippen LogP contribution in [0.3, 0.4) is 0 Å². The van der Waals surface area contributed by atoms with Gasteiger partial charge in [-0.1, -0.05) is 19.8 Å². The molecular weight excluding hydrogens is 336 g/mol. The number of fused-ring (bicyclic) bond motifs is 1. The third-order valence-corrected chi connectivity index (χ3v) is 5.04. The van der Waals surface area contributed by atoms with Gasteiger partial charge in [0.2, 0.25) is 0 Å². The van der Waals surface area contributed by atoms with Crippen LogP contribution < -0.4 is 11.2 Å². The lowest BCUT2D eigenvalue weighted by Crippen LogP contribution is -2.40. The Morgan fingerprint density at radius 1 is 1.19 bits per heavy atom. The molecular formula is C18H30N4O4. The summed E-state index contributed by atoms with van der Waals surface area (Å²) in [5.41, 5.74) is -0.944. The smallest absolute Gasteiger partial charge is 0.332 e. The first-order chi connectivity index (χ1) is 12.0. The molecule has 2 rings (SSSR count). The summed E-state index contributed by atoms with van der Waals surface area (Å²) in [7, 11) is 3.36. The maximum atomic E-state index is 12.6. The van der Waals surface area contributed by atoms with Crippen molar-refractivity contribution >= 4 is 11.2 Å². The minimum Gasteiger partial charge on any atom is -0.390 e. The maximum Gasteiger partial charge on any atom is 0.332 e. The first-order valence-electron chi connectivity index (χ1n) is 9.05. The van der Waals surface area contributed by atoms with Crippen LogP contribution in [0.1, 0.15) is 46.5 Å². The monoisotopic (exact) mass is 366 g/mol. The van der Waals surface area contributed by atoms with Gasteiger partial charge >= 0.3 is 5.69 Å². The Hall–Kier alpha value is -1.93. The summed E-state index contributed by atoms with van der Waals surface area (Å²) in [6.45, 7) is 5.60. The Morgan fingerprint density at radius 2 is 1.85 bits per heavy atom. The molecule has 146 valence electrons. The van der Waals surface area contributed by atoms with Crippen molar-refractivity contribution < 1.29 is 10.2 Å². The lowest BCUT2D eigenvalue weighted by Gasteiger charge is -2.24. The topological polar surface area (TPSA) is 102 Å². The van der Waals surface area contributed by atoms with Gasteiger partial charge in [-0.15, -0.1) is 0 Å². The summed E-state index contributed by atoms with van der Waals surface area (Å²) in [6.07, 6.45) is 3.63. The van der Waals surface area contributed by atoms with Gasteiger partial charge in [-0.25, -0.2) is 9.78 Å². The van der Waals surface area contributed by atoms with Gasteiger partial charge in [-0.2, -0.15) is 0 Å². The van der Waals surface area contributed by atoms with Gasteiger partial charge in [0, 0.05) is 20.6 Å². The van der Waals surface area contributed by atoms with Crippen LogP contribution in [0.4, 0.5) is 0 Å². The molecule has 2 heterocycles. The molecule has 0 aliphatic rings. The second kappa shape index (κ2) is 7.75. The standard InChI is InChI=1S/C18H30N4O4/c1-12(7-6-8-13(23)18(2,3)26)9-10-22-16(24)14-15(19-11-20(14)4)21(5)17(22)25/h11-13,23,26H,6-10H2,1-5H3/t12-,13?/m1/s1. The van der Waals surface area contributed by atoms with E-state index in [4.69, 9.17) is 0 Å². The van der Waals surface area contributed by atoms with Crippen LogP contribution >= 0.6 is 0 Å². The number of hydrogen-bond donors (Lipinski definition) is 2. The van der Waals surface area contributed by atoms with Crippen LogP contribution in [0.25, 0.3) is 11.2 Å². The highest BCUT2D eigenvalue weighted by atomic mass is 16.3. The summed E-state index contributed by atoms with van der Waals surface area (Å²) in [4.78, 5) is 29.2. The zero-order valence-electron chi connectivity index (χ0n) is 16.3. The molecule has 0 bridgehead atoms. The summed E-state index contributed by atoms with van der Waals surface area (Å²) in [6, 6.07) is 0. The summed E-state index contributed by atoms with van der Waals surface area (Å²) < 4.78 is 4.31. The van der Waals surface area contributed by atoms with Gasteiger partial charge in [-0.3, -0.25) is 13.9 Å². The first-order valence-corrected chi connectivity index (χ1v) is 9.05. The lowest BCUT2D eigenvalue weighted by molar-refractivity contribution is -0.0525. The van der Waals surface area contributed by atoms with Gasteiger partial charge in [0.05, 0.1) is 18.0 Å². The van der Waals surface area contributed by atoms with Crippen molar-refractivity contribution in [2.24, 2.45) is 20.0 Å². The molecule has 8 nitrogen and oxygen atoms in total. The first kappa shape index (κ1) is 20.4. The molecule has 0 aliphatic heterocycles. The predicted molar refractivity (Wildman–Crippen MR) is 100 cm³/mol. The average molecular weight is 366 g/mol. The van der Waals surface area contributed by atoms with Crippen molar-refractivity contribution in [2.75, 3.05) is 0 Å². The minimum atomic E-state index is -1.10. The molecule has 0 saturated heterocycles. The molecule has 26 heavy (non-hydrogen) atoms. The Balaban J connectivity index is 2.03. The van der Waals surface area contributed by atoms with Gasteiger partial charge in [0.1, 0.15) is 0 Å². The van der Waals surface area contributed by atoms with E-state index in [1.807, 2.05) is 0 Å². The van der Waals surface area contributed by atoms with E-state index in [-0.39, 0.29) is 11.2 Å². The Kier molecular flexibility index (Phi) is 6.08. The van der Waals surface area contributed by atoms with E-state index in [2.05, 4.69) is 11.9 Å². The van der Waals surface area contributed by atoms with Crippen LogP contribution in [0, 0.1) is 5.92 Å². The molecule has 0 radical (unpaired) electrons. The Morgan fingerprint density at radius 3 is 2.46 bits per heavy atom. The normalized spacial score (nSPS) is 14.7. The molecule has 2 aromatic rings. The van der Waals surface area contributed by atoms with E-state index in [1.165, 1.54) is 15.5 Å². The van der Waals surface area contributed by atoms with E-state index in [9.17, 15) is 19.8 Å². The number of hydrogen-bond acceptors (Lipinski definition) is 5. The number of aryl methyl sites for hydroxylation is 2. The molecule has 0 spiro atoms. The molecule has 0 saturated carbocycles. The van der Waals surface area contributed by atoms with Crippen molar-refractivity contribution in [2.45, 2.75) is 64.7 Å². The zero-order chi connectivity index (χ0) is 19.6. The maximum absolute atomic E-state index is 12.6. The van der Waals surface area contributed by atoms with Crippen LogP contribution in [-0.2, 0) is 20.6 Å². The quantitative estimate of drug-likeness (QED) is 0.718. The van der Waals surface area contributed by atoms with Crippen molar-refractivity contribution in [3.8, 4) is 0 Å². The molecule has 2 aromatic heterocycles. The van der Waals surface area contributed by atoms with Crippen molar-refractivity contribution in [1.82, 2.24) is 18.7 Å². The highest BCUT2D eigenvalue weighted by molar-refractivity contribution is 5.69. The number of aromatic nitrogens is 4. The molecule has 0 aliphatic carbocycles. The second-order valence-electron chi connectivity index (χ2n) is 7.82. The third kappa shape index (κ3) is 4.24. The number of rotatable bonds is 8. The van der Waals surface area contributed by atoms with Gasteiger partial charge in [0.25, 0.3) is 5.56 Å². The van der Waals surface area contributed by atoms with E-state index in [0.717, 1.165) is 12.8 Å². The minimum absolute atomic E-state index is 0.294. The number of imidazole rings is 1. The van der Waals surface area contributed by atoms with Gasteiger partial charge in [0.15, 0.2) is 11.2 Å². The SMILES string of the molecule is C[C@H](CCCC(O)C(C)(C)O)CCn1c(=O)c2c(ncn2C)n(C)c1=O. The van der Waals surface area contributed by atoms with Crippen LogP contribution in [0.2, 0.25) is 0 Å². The van der Waals surface area contributed by atoms with Crippen molar-refractivity contribution in [3.63, 3.8) is 0 Å². The Labute approximate surface area is 152 Å². The highest BCUT2D eigenvalue weighted by Crippen LogP contribution is 2.18. The fourth-order valence-corrected chi connectivity index (χ4v) is 3.10. The van der Waals surface area contributed by atoms with Gasteiger partial charge < -0.3 is 14.8 Å². The largest absolute Gasteiger partial charge is 0.390 e. The van der Waals surface area contributed by atoms with E-state index < -0.39 is 11.7 Å². The van der Waals surface area contributed by atoms with E-state index >= 15 is 0 Å². The fraction of sp³-hybridized carbons (Fsp3) is 0.722. The number of aliphatic hydroxyl groups is 2. The molecule has 0 amide bonds. The highest BCUT2D eigenvalue weighted by Gasteiger charge is 2.24. The van der Waals surface area contributed by atoms with E-state index in [1.54, 1.807) is 32.5 Å². The molecule has 2 N–H and O–H groups in total. The third-order valence-electron chi connectivity index (χ3n) is 5.04. The number of nitrogens with zero attached hydrogens (tertiary/aromatic N) is 4. The van der Waals surface area contributed by atoms with Gasteiger partial charge in [-0.05, 0) is 32.6 Å². The Bertz CT molecular complexity index is 872. The van der Waals surface area contributed by atoms with E-state index in [0.29, 0.717) is 36.5 Å². The zero-order valence-corrected chi connectivity index (χ0v) is 16.3. The lowest BCUT2D eigenvalue weighted by atomic mass is 9.93. The van der Waals surface area contributed by atoms with Crippen molar-refractivity contribution in [1.29, 1.82) is 0 Å². The van der Waals surface area contributed by atoms with Crippen molar-refractivity contribution in [3.05, 3.63) is 27.2 Å².